The molecule has 1 aliphatic carbocycles. The predicted molar refractivity (Wildman–Crippen MR) is 67.2 cm³/mol. The molecule has 0 N–H and O–H groups in total. The lowest BCUT2D eigenvalue weighted by Crippen LogP contribution is -2.29. The van der Waals surface area contributed by atoms with E-state index in [0.717, 1.165) is 24.7 Å². The zero-order valence-electron chi connectivity index (χ0n) is 10.6. The lowest BCUT2D eigenvalue weighted by molar-refractivity contribution is 0.225. The highest BCUT2D eigenvalue weighted by Crippen LogP contribution is 2.29. The van der Waals surface area contributed by atoms with E-state index in [1.807, 2.05) is 12.1 Å². The summed E-state index contributed by atoms with van der Waals surface area (Å²) in [6.07, 6.45) is 4.29. The number of nitrogens with zero attached hydrogens (tertiary/aromatic N) is 3. The lowest BCUT2D eigenvalue weighted by atomic mass is 10.1. The third-order valence-electron chi connectivity index (χ3n) is 3.03. The van der Waals surface area contributed by atoms with Crippen LogP contribution in [0.1, 0.15) is 37.9 Å². The van der Waals surface area contributed by atoms with Gasteiger partial charge in [0, 0.05) is 30.9 Å². The molecule has 3 nitrogen and oxygen atoms in total. The van der Waals surface area contributed by atoms with Gasteiger partial charge in [0.15, 0.2) is 0 Å². The first kappa shape index (κ1) is 12.1. The molecule has 1 heterocycles. The Hall–Kier alpha value is -1.40. The molecule has 0 radical (unpaired) electrons. The summed E-state index contributed by atoms with van der Waals surface area (Å²) in [6, 6.07) is 6.83. The molecule has 2 rings (SSSR count). The fourth-order valence-electron chi connectivity index (χ4n) is 2.14. The molecular weight excluding hydrogens is 210 g/mol. The molecule has 0 spiro atoms. The smallest absolute Gasteiger partial charge is 0.144 e. The van der Waals surface area contributed by atoms with Crippen molar-refractivity contribution in [2.24, 2.45) is 5.92 Å². The number of pyridine rings is 1. The second kappa shape index (κ2) is 5.29. The van der Waals surface area contributed by atoms with Crippen molar-refractivity contribution in [2.75, 3.05) is 6.54 Å². The molecule has 0 saturated heterocycles. The normalized spacial score (nSPS) is 15.2. The molecule has 1 aliphatic rings. The largest absolute Gasteiger partial charge is 0.296 e. The number of aromatic nitrogens is 1. The van der Waals surface area contributed by atoms with Crippen molar-refractivity contribution >= 4 is 0 Å². The topological polar surface area (TPSA) is 39.9 Å². The Morgan fingerprint density at radius 3 is 2.88 bits per heavy atom. The van der Waals surface area contributed by atoms with E-state index in [4.69, 9.17) is 5.26 Å². The molecule has 1 saturated carbocycles. The zero-order valence-corrected chi connectivity index (χ0v) is 10.6. The molecule has 0 unspecified atom stereocenters. The van der Waals surface area contributed by atoms with Crippen LogP contribution in [-0.4, -0.2) is 22.5 Å². The van der Waals surface area contributed by atoms with Crippen LogP contribution in [0.4, 0.5) is 0 Å². The van der Waals surface area contributed by atoms with Crippen LogP contribution in [0.3, 0.4) is 0 Å². The highest BCUT2D eigenvalue weighted by molar-refractivity contribution is 5.30. The van der Waals surface area contributed by atoms with Crippen LogP contribution in [0.15, 0.2) is 18.3 Å². The highest BCUT2D eigenvalue weighted by atomic mass is 15.2. The van der Waals surface area contributed by atoms with Crippen molar-refractivity contribution in [3.8, 4) is 6.07 Å². The minimum absolute atomic E-state index is 0.571. The Morgan fingerprint density at radius 2 is 2.29 bits per heavy atom. The molecule has 0 amide bonds. The number of rotatable bonds is 5. The maximum Gasteiger partial charge on any atom is 0.144 e. The van der Waals surface area contributed by atoms with Crippen LogP contribution < -0.4 is 0 Å². The molecule has 0 bridgehead atoms. The van der Waals surface area contributed by atoms with E-state index in [9.17, 15) is 0 Å². The van der Waals surface area contributed by atoms with E-state index in [1.165, 1.54) is 12.8 Å². The van der Waals surface area contributed by atoms with Crippen molar-refractivity contribution in [1.29, 1.82) is 5.26 Å². The second-order valence-electron chi connectivity index (χ2n) is 5.18. The van der Waals surface area contributed by atoms with E-state index in [-0.39, 0.29) is 0 Å². The van der Waals surface area contributed by atoms with Crippen molar-refractivity contribution in [2.45, 2.75) is 39.3 Å². The van der Waals surface area contributed by atoms with Crippen molar-refractivity contribution in [3.63, 3.8) is 0 Å². The zero-order chi connectivity index (χ0) is 12.3. The molecule has 0 atom stereocenters. The maximum atomic E-state index is 9.04. The summed E-state index contributed by atoms with van der Waals surface area (Å²) in [5, 5.41) is 9.04. The third kappa shape index (κ3) is 3.28. The van der Waals surface area contributed by atoms with Crippen molar-refractivity contribution < 1.29 is 0 Å². The quantitative estimate of drug-likeness (QED) is 0.779. The molecule has 90 valence electrons. The Kier molecular flexibility index (Phi) is 3.75. The minimum atomic E-state index is 0.571. The van der Waals surface area contributed by atoms with Gasteiger partial charge in [-0.05, 0) is 24.8 Å². The molecule has 1 fully saturated rings. The average Bonchev–Trinajstić information content (AvgIpc) is 3.12. The predicted octanol–water partition coefficient (Wildman–Crippen LogP) is 2.57. The minimum Gasteiger partial charge on any atom is -0.296 e. The van der Waals surface area contributed by atoms with Crippen LogP contribution in [0.5, 0.6) is 0 Å². The number of nitriles is 1. The number of hydrogen-bond donors (Lipinski definition) is 0. The molecule has 17 heavy (non-hydrogen) atoms. The SMILES string of the molecule is CC(C)CN(Cc1cccnc1C#N)C1CC1. The van der Waals surface area contributed by atoms with Crippen molar-refractivity contribution in [3.05, 3.63) is 29.6 Å². The fourth-order valence-corrected chi connectivity index (χ4v) is 2.14. The van der Waals surface area contributed by atoms with Crippen LogP contribution >= 0.6 is 0 Å². The number of hydrogen-bond acceptors (Lipinski definition) is 3. The Balaban J connectivity index is 2.09. The van der Waals surface area contributed by atoms with E-state index in [1.54, 1.807) is 6.20 Å². The standard InChI is InChI=1S/C14H19N3/c1-11(2)9-17(13-5-6-13)10-12-4-3-7-16-14(12)8-15/h3-4,7,11,13H,5-6,9-10H2,1-2H3. The summed E-state index contributed by atoms with van der Waals surface area (Å²) in [5.74, 6) is 0.665. The second-order valence-corrected chi connectivity index (χ2v) is 5.18. The first-order chi connectivity index (χ1) is 8.20. The van der Waals surface area contributed by atoms with Gasteiger partial charge < -0.3 is 0 Å². The summed E-state index contributed by atoms with van der Waals surface area (Å²) >= 11 is 0. The van der Waals surface area contributed by atoms with Gasteiger partial charge in [0.05, 0.1) is 0 Å². The van der Waals surface area contributed by atoms with Gasteiger partial charge in [-0.25, -0.2) is 4.98 Å². The van der Waals surface area contributed by atoms with Gasteiger partial charge in [0.2, 0.25) is 0 Å². The first-order valence-corrected chi connectivity index (χ1v) is 6.28. The van der Waals surface area contributed by atoms with Crippen LogP contribution in [-0.2, 0) is 6.54 Å². The molecule has 3 heteroatoms. The summed E-state index contributed by atoms with van der Waals surface area (Å²) in [6.45, 7) is 6.44. The van der Waals surface area contributed by atoms with Crippen LogP contribution in [0.2, 0.25) is 0 Å². The van der Waals surface area contributed by atoms with Gasteiger partial charge in [0.1, 0.15) is 11.8 Å². The Labute approximate surface area is 103 Å². The maximum absolute atomic E-state index is 9.04. The van der Waals surface area contributed by atoms with Crippen LogP contribution in [0, 0.1) is 17.2 Å². The third-order valence-corrected chi connectivity index (χ3v) is 3.03. The van der Waals surface area contributed by atoms with Crippen molar-refractivity contribution in [1.82, 2.24) is 9.88 Å². The van der Waals surface area contributed by atoms with Gasteiger partial charge in [-0.1, -0.05) is 19.9 Å². The monoisotopic (exact) mass is 229 g/mol. The molecule has 1 aromatic heterocycles. The van der Waals surface area contributed by atoms with E-state index < -0.39 is 0 Å². The van der Waals surface area contributed by atoms with Crippen LogP contribution in [0.25, 0.3) is 0 Å². The van der Waals surface area contributed by atoms with Gasteiger partial charge in [0.25, 0.3) is 0 Å². The summed E-state index contributed by atoms with van der Waals surface area (Å²) in [7, 11) is 0. The van der Waals surface area contributed by atoms with E-state index >= 15 is 0 Å². The van der Waals surface area contributed by atoms with Gasteiger partial charge in [-0.3, -0.25) is 4.90 Å². The summed E-state index contributed by atoms with van der Waals surface area (Å²) < 4.78 is 0. The molecule has 1 aromatic rings. The van der Waals surface area contributed by atoms with Gasteiger partial charge >= 0.3 is 0 Å². The highest BCUT2D eigenvalue weighted by Gasteiger charge is 2.29. The van der Waals surface area contributed by atoms with E-state index in [2.05, 4.69) is 29.8 Å². The fraction of sp³-hybridized carbons (Fsp3) is 0.571. The Morgan fingerprint density at radius 1 is 1.53 bits per heavy atom. The molecule has 0 aliphatic heterocycles. The Bertz CT molecular complexity index is 416. The average molecular weight is 229 g/mol. The molecule has 0 aromatic carbocycles. The van der Waals surface area contributed by atoms with Gasteiger partial charge in [-0.2, -0.15) is 5.26 Å². The lowest BCUT2D eigenvalue weighted by Gasteiger charge is -2.24. The molecular formula is C14H19N3. The summed E-state index contributed by atoms with van der Waals surface area (Å²) in [4.78, 5) is 6.61. The van der Waals surface area contributed by atoms with E-state index in [0.29, 0.717) is 11.6 Å². The first-order valence-electron chi connectivity index (χ1n) is 6.28. The van der Waals surface area contributed by atoms with Gasteiger partial charge in [-0.15, -0.1) is 0 Å². The summed E-state index contributed by atoms with van der Waals surface area (Å²) in [5.41, 5.74) is 1.63.